The number of amides is 1. The van der Waals surface area contributed by atoms with Crippen LogP contribution in [-0.4, -0.2) is 47.0 Å². The molecular formula is C21H21FN6O. The Labute approximate surface area is 168 Å². The summed E-state index contributed by atoms with van der Waals surface area (Å²) in [6.07, 6.45) is 4.80. The SMILES string of the molecule is O=C(NCc1ccccc1F)c1cnc(N2CCN(c3ccccn3)CC2)nc1. The predicted octanol–water partition coefficient (Wildman–Crippen LogP) is 2.27. The summed E-state index contributed by atoms with van der Waals surface area (Å²) in [5.41, 5.74) is 0.779. The molecule has 1 aliphatic heterocycles. The second-order valence-corrected chi connectivity index (χ2v) is 6.71. The smallest absolute Gasteiger partial charge is 0.254 e. The highest BCUT2D eigenvalue weighted by molar-refractivity contribution is 5.93. The third kappa shape index (κ3) is 4.48. The Bertz CT molecular complexity index is 958. The maximum atomic E-state index is 13.6. The Balaban J connectivity index is 1.32. The average Bonchev–Trinajstić information content (AvgIpc) is 2.79. The Hall–Kier alpha value is -3.55. The molecule has 0 atom stereocenters. The minimum absolute atomic E-state index is 0.114. The number of anilines is 2. The summed E-state index contributed by atoms with van der Waals surface area (Å²) in [5, 5.41) is 2.69. The van der Waals surface area contributed by atoms with Gasteiger partial charge >= 0.3 is 0 Å². The number of piperazine rings is 1. The number of aromatic nitrogens is 3. The fourth-order valence-corrected chi connectivity index (χ4v) is 3.20. The lowest BCUT2D eigenvalue weighted by Crippen LogP contribution is -2.47. The molecule has 1 aromatic carbocycles. The Kier molecular flexibility index (Phi) is 5.60. The van der Waals surface area contributed by atoms with Gasteiger partial charge in [0, 0.05) is 56.9 Å². The molecular weight excluding hydrogens is 371 g/mol. The Morgan fingerprint density at radius 2 is 1.62 bits per heavy atom. The molecule has 1 N–H and O–H groups in total. The van der Waals surface area contributed by atoms with Crippen molar-refractivity contribution in [1.29, 1.82) is 0 Å². The van der Waals surface area contributed by atoms with E-state index in [0.29, 0.717) is 17.1 Å². The van der Waals surface area contributed by atoms with Gasteiger partial charge in [0.2, 0.25) is 5.95 Å². The second kappa shape index (κ2) is 8.64. The van der Waals surface area contributed by atoms with Crippen LogP contribution in [0.15, 0.2) is 61.1 Å². The van der Waals surface area contributed by atoms with Gasteiger partial charge in [-0.3, -0.25) is 4.79 Å². The van der Waals surface area contributed by atoms with Crippen LogP contribution in [0.2, 0.25) is 0 Å². The van der Waals surface area contributed by atoms with Gasteiger partial charge in [0.05, 0.1) is 5.56 Å². The first-order valence-corrected chi connectivity index (χ1v) is 9.45. The van der Waals surface area contributed by atoms with E-state index in [1.54, 1.807) is 24.4 Å². The van der Waals surface area contributed by atoms with Crippen LogP contribution >= 0.6 is 0 Å². The van der Waals surface area contributed by atoms with E-state index < -0.39 is 0 Å². The van der Waals surface area contributed by atoms with Crippen LogP contribution in [0, 0.1) is 5.82 Å². The summed E-state index contributed by atoms with van der Waals surface area (Å²) in [7, 11) is 0. The summed E-state index contributed by atoms with van der Waals surface area (Å²) in [5.74, 6) is 0.885. The molecule has 0 radical (unpaired) electrons. The van der Waals surface area contributed by atoms with Gasteiger partial charge in [0.25, 0.3) is 5.91 Å². The molecule has 0 saturated carbocycles. The molecule has 4 rings (SSSR count). The van der Waals surface area contributed by atoms with E-state index in [4.69, 9.17) is 0 Å². The second-order valence-electron chi connectivity index (χ2n) is 6.71. The van der Waals surface area contributed by atoms with Gasteiger partial charge in [-0.2, -0.15) is 0 Å². The van der Waals surface area contributed by atoms with Gasteiger partial charge in [-0.05, 0) is 18.2 Å². The number of halogens is 1. The molecule has 0 bridgehead atoms. The molecule has 0 spiro atoms. The average molecular weight is 392 g/mol. The van der Waals surface area contributed by atoms with Crippen molar-refractivity contribution in [2.45, 2.75) is 6.54 Å². The molecule has 3 aromatic rings. The van der Waals surface area contributed by atoms with E-state index in [0.717, 1.165) is 32.0 Å². The molecule has 1 fully saturated rings. The van der Waals surface area contributed by atoms with Crippen LogP contribution in [0.3, 0.4) is 0 Å². The van der Waals surface area contributed by atoms with Crippen molar-refractivity contribution in [3.63, 3.8) is 0 Å². The first kappa shape index (κ1) is 18.8. The first-order valence-electron chi connectivity index (χ1n) is 9.45. The Morgan fingerprint density at radius 3 is 2.31 bits per heavy atom. The van der Waals surface area contributed by atoms with Gasteiger partial charge in [-0.1, -0.05) is 24.3 Å². The van der Waals surface area contributed by atoms with Crippen LogP contribution < -0.4 is 15.1 Å². The van der Waals surface area contributed by atoms with Gasteiger partial charge in [-0.15, -0.1) is 0 Å². The summed E-state index contributed by atoms with van der Waals surface area (Å²) >= 11 is 0. The van der Waals surface area contributed by atoms with Crippen LogP contribution in [0.1, 0.15) is 15.9 Å². The minimum atomic E-state index is -0.343. The number of carbonyl (C=O) groups is 1. The third-order valence-corrected chi connectivity index (χ3v) is 4.83. The van der Waals surface area contributed by atoms with E-state index in [1.807, 2.05) is 18.2 Å². The lowest BCUT2D eigenvalue weighted by atomic mass is 10.2. The van der Waals surface area contributed by atoms with Crippen LogP contribution in [0.5, 0.6) is 0 Å². The van der Waals surface area contributed by atoms with E-state index in [9.17, 15) is 9.18 Å². The zero-order chi connectivity index (χ0) is 20.1. The predicted molar refractivity (Wildman–Crippen MR) is 108 cm³/mol. The van der Waals surface area contributed by atoms with Crippen molar-refractivity contribution in [1.82, 2.24) is 20.3 Å². The molecule has 2 aromatic heterocycles. The largest absolute Gasteiger partial charge is 0.353 e. The van der Waals surface area contributed by atoms with Crippen molar-refractivity contribution in [3.05, 3.63) is 78.0 Å². The number of rotatable bonds is 5. The molecule has 3 heterocycles. The molecule has 1 amide bonds. The number of carbonyl (C=O) groups excluding carboxylic acids is 1. The number of hydrogen-bond acceptors (Lipinski definition) is 6. The Morgan fingerprint density at radius 1 is 0.931 bits per heavy atom. The highest BCUT2D eigenvalue weighted by Crippen LogP contribution is 2.16. The van der Waals surface area contributed by atoms with Crippen molar-refractivity contribution in [2.75, 3.05) is 36.0 Å². The number of nitrogens with zero attached hydrogens (tertiary/aromatic N) is 5. The summed E-state index contributed by atoms with van der Waals surface area (Å²) in [6, 6.07) is 12.2. The molecule has 1 saturated heterocycles. The van der Waals surface area contributed by atoms with Gasteiger partial charge < -0.3 is 15.1 Å². The van der Waals surface area contributed by atoms with E-state index >= 15 is 0 Å². The molecule has 0 unspecified atom stereocenters. The summed E-state index contributed by atoms with van der Waals surface area (Å²) in [4.78, 5) is 29.6. The molecule has 1 aliphatic rings. The molecule has 0 aliphatic carbocycles. The highest BCUT2D eigenvalue weighted by Gasteiger charge is 2.20. The zero-order valence-electron chi connectivity index (χ0n) is 15.8. The maximum Gasteiger partial charge on any atom is 0.254 e. The van der Waals surface area contributed by atoms with Crippen molar-refractivity contribution < 1.29 is 9.18 Å². The van der Waals surface area contributed by atoms with Crippen LogP contribution in [-0.2, 0) is 6.54 Å². The summed E-state index contributed by atoms with van der Waals surface area (Å²) < 4.78 is 13.6. The van der Waals surface area contributed by atoms with Gasteiger partial charge in [0.15, 0.2) is 0 Å². The number of pyridine rings is 1. The summed E-state index contributed by atoms with van der Waals surface area (Å²) in [6.45, 7) is 3.31. The first-order chi connectivity index (χ1) is 14.2. The number of nitrogens with one attached hydrogen (secondary N) is 1. The minimum Gasteiger partial charge on any atom is -0.353 e. The number of hydrogen-bond donors (Lipinski definition) is 1. The molecule has 29 heavy (non-hydrogen) atoms. The number of benzene rings is 1. The van der Waals surface area contributed by atoms with Gasteiger partial charge in [-0.25, -0.2) is 19.3 Å². The molecule has 8 heteroatoms. The molecule has 148 valence electrons. The van der Waals surface area contributed by atoms with Crippen LogP contribution in [0.25, 0.3) is 0 Å². The van der Waals surface area contributed by atoms with Gasteiger partial charge in [0.1, 0.15) is 11.6 Å². The fraction of sp³-hybridized carbons (Fsp3) is 0.238. The van der Waals surface area contributed by atoms with E-state index in [1.165, 1.54) is 18.5 Å². The fourth-order valence-electron chi connectivity index (χ4n) is 3.20. The lowest BCUT2D eigenvalue weighted by Gasteiger charge is -2.35. The topological polar surface area (TPSA) is 74.2 Å². The monoisotopic (exact) mass is 392 g/mol. The quantitative estimate of drug-likeness (QED) is 0.718. The van der Waals surface area contributed by atoms with Crippen molar-refractivity contribution in [3.8, 4) is 0 Å². The standard InChI is InChI=1S/C21H21FN6O/c22-18-6-2-1-5-16(18)13-24-20(29)17-14-25-21(26-15-17)28-11-9-27(10-12-28)19-7-3-4-8-23-19/h1-8,14-15H,9-13H2,(H,24,29). The lowest BCUT2D eigenvalue weighted by molar-refractivity contribution is 0.0950. The highest BCUT2D eigenvalue weighted by atomic mass is 19.1. The zero-order valence-corrected chi connectivity index (χ0v) is 15.8. The van der Waals surface area contributed by atoms with E-state index in [2.05, 4.69) is 30.1 Å². The van der Waals surface area contributed by atoms with E-state index in [-0.39, 0.29) is 18.3 Å². The molecule has 7 nitrogen and oxygen atoms in total. The normalized spacial score (nSPS) is 14.0. The van der Waals surface area contributed by atoms with Crippen molar-refractivity contribution in [2.24, 2.45) is 0 Å². The maximum absolute atomic E-state index is 13.6. The van der Waals surface area contributed by atoms with Crippen molar-refractivity contribution >= 4 is 17.7 Å². The van der Waals surface area contributed by atoms with Crippen LogP contribution in [0.4, 0.5) is 16.2 Å². The third-order valence-electron chi connectivity index (χ3n) is 4.83.